The Labute approximate surface area is 187 Å². The molecule has 6 fully saturated rings. The summed E-state index contributed by atoms with van der Waals surface area (Å²) in [4.78, 5) is 0. The summed E-state index contributed by atoms with van der Waals surface area (Å²) >= 11 is 0. The van der Waals surface area contributed by atoms with Crippen LogP contribution in [-0.2, 0) is 9.47 Å². The summed E-state index contributed by atoms with van der Waals surface area (Å²) < 4.78 is 41.7. The third-order valence-electron chi connectivity index (χ3n) is 11.9. The molecule has 4 aliphatic carbocycles. The van der Waals surface area contributed by atoms with Gasteiger partial charge in [-0.25, -0.2) is 8.78 Å². The Morgan fingerprint density at radius 2 is 1.65 bits per heavy atom. The molecule has 0 unspecified atom stereocenters. The molecule has 0 radical (unpaired) electrons. The summed E-state index contributed by atoms with van der Waals surface area (Å²) in [7, 11) is 0. The highest BCUT2D eigenvalue weighted by Crippen LogP contribution is 2.71. The first-order chi connectivity index (χ1) is 14.6. The predicted molar refractivity (Wildman–Crippen MR) is 117 cm³/mol. The van der Waals surface area contributed by atoms with Gasteiger partial charge in [-0.15, -0.1) is 0 Å². The van der Waals surface area contributed by atoms with Crippen LogP contribution in [0.4, 0.5) is 8.78 Å². The van der Waals surface area contributed by atoms with Crippen LogP contribution in [0.3, 0.4) is 0 Å². The van der Waals surface area contributed by atoms with Gasteiger partial charge in [-0.05, 0) is 91.3 Å². The van der Waals surface area contributed by atoms with Gasteiger partial charge in [0.25, 0.3) is 0 Å². The fraction of sp³-hybridized carbons (Fsp3) is 1.00. The van der Waals surface area contributed by atoms with Gasteiger partial charge in [-0.1, -0.05) is 27.7 Å². The fourth-order valence-corrected chi connectivity index (χ4v) is 10.2. The number of hydrogen-bond acceptors (Lipinski definition) is 2. The molecule has 2 heterocycles. The zero-order valence-corrected chi connectivity index (χ0v) is 20.0. The van der Waals surface area contributed by atoms with Crippen LogP contribution in [-0.4, -0.2) is 24.4 Å². The topological polar surface area (TPSA) is 18.5 Å². The summed E-state index contributed by atoms with van der Waals surface area (Å²) in [6.07, 6.45) is 9.38. The van der Waals surface area contributed by atoms with E-state index in [0.717, 1.165) is 32.3 Å². The molecular weight excluding hydrogens is 394 g/mol. The molecule has 0 bridgehead atoms. The maximum Gasteiger partial charge on any atom is 0.248 e. The Balaban J connectivity index is 1.25. The Morgan fingerprint density at radius 3 is 2.39 bits per heavy atom. The summed E-state index contributed by atoms with van der Waals surface area (Å²) in [5.41, 5.74) is 0.447. The minimum atomic E-state index is -2.43. The summed E-state index contributed by atoms with van der Waals surface area (Å²) in [5, 5.41) is 0. The summed E-state index contributed by atoms with van der Waals surface area (Å²) in [5.74, 6) is 1.17. The Bertz CT molecular complexity index is 731. The molecule has 0 N–H and O–H groups in total. The van der Waals surface area contributed by atoms with Gasteiger partial charge in [0.05, 0.1) is 12.7 Å². The predicted octanol–water partition coefficient (Wildman–Crippen LogP) is 7.07. The lowest BCUT2D eigenvalue weighted by molar-refractivity contribution is -0.273. The number of alkyl halides is 2. The van der Waals surface area contributed by atoms with Crippen molar-refractivity contribution in [1.29, 1.82) is 0 Å². The highest BCUT2D eigenvalue weighted by Gasteiger charge is 2.69. The second-order valence-corrected chi connectivity index (χ2v) is 13.2. The van der Waals surface area contributed by atoms with Gasteiger partial charge < -0.3 is 9.47 Å². The van der Waals surface area contributed by atoms with Gasteiger partial charge in [0.1, 0.15) is 0 Å². The lowest BCUT2D eigenvalue weighted by Crippen LogP contribution is -2.55. The fourth-order valence-electron chi connectivity index (χ4n) is 10.2. The van der Waals surface area contributed by atoms with Crippen LogP contribution in [0.25, 0.3) is 0 Å². The molecule has 6 aliphatic rings. The van der Waals surface area contributed by atoms with Crippen LogP contribution in [0.1, 0.15) is 91.9 Å². The van der Waals surface area contributed by atoms with Crippen LogP contribution in [0.2, 0.25) is 0 Å². The molecule has 6 rings (SSSR count). The summed E-state index contributed by atoms with van der Waals surface area (Å²) in [6.45, 7) is 10.5. The lowest BCUT2D eigenvalue weighted by atomic mass is 9.44. The number of fused-ring (bicyclic) bond motifs is 7. The molecule has 0 aromatic heterocycles. The second-order valence-electron chi connectivity index (χ2n) is 13.2. The van der Waals surface area contributed by atoms with E-state index in [1.807, 2.05) is 0 Å². The maximum absolute atomic E-state index is 14.2. The largest absolute Gasteiger partial charge is 0.349 e. The Hall–Kier alpha value is -0.220. The standard InChI is InChI=1S/C27H42F2O2/c1-16-7-10-27(30-15-16)17(2)23-22(31-27)13-21-19-6-5-18-14-26(28,29)12-11-24(18,3)20(19)8-9-25(21,23)4/h16-23H,5-15H2,1-4H3/t16-,17+,18-,19-,20+,21+,22+,23+,24+,25+,27-/m1/s1. The van der Waals surface area contributed by atoms with Crippen molar-refractivity contribution in [3.63, 3.8) is 0 Å². The normalized spacial score (nSPS) is 60.2. The highest BCUT2D eigenvalue weighted by molar-refractivity contribution is 5.15. The van der Waals surface area contributed by atoms with Gasteiger partial charge >= 0.3 is 0 Å². The van der Waals surface area contributed by atoms with Crippen molar-refractivity contribution in [2.24, 2.45) is 52.3 Å². The van der Waals surface area contributed by atoms with E-state index in [1.165, 1.54) is 25.7 Å². The number of halogens is 2. The lowest BCUT2D eigenvalue weighted by Gasteiger charge is -2.61. The minimum Gasteiger partial charge on any atom is -0.349 e. The average Bonchev–Trinajstić information content (AvgIpc) is 3.16. The SMILES string of the molecule is C[C@@H]1CC[C@@]2(OC1)O[C@H]1C[C@H]3[C@@H]4CC[C@@H]5CC(F)(F)CC[C@]5(C)[C@H]4CC[C@]3(C)[C@H]1[C@@H]2C. The number of ether oxygens (including phenoxy) is 2. The minimum absolute atomic E-state index is 0.106. The van der Waals surface area contributed by atoms with Crippen LogP contribution >= 0.6 is 0 Å². The summed E-state index contributed by atoms with van der Waals surface area (Å²) in [6, 6.07) is 0. The molecule has 11 atom stereocenters. The highest BCUT2D eigenvalue weighted by atomic mass is 19.3. The second kappa shape index (κ2) is 6.68. The van der Waals surface area contributed by atoms with Gasteiger partial charge in [0.2, 0.25) is 5.92 Å². The van der Waals surface area contributed by atoms with Gasteiger partial charge in [-0.2, -0.15) is 0 Å². The Kier molecular flexibility index (Phi) is 4.59. The van der Waals surface area contributed by atoms with E-state index in [1.54, 1.807) is 0 Å². The molecule has 0 aromatic rings. The quantitative estimate of drug-likeness (QED) is 0.404. The van der Waals surface area contributed by atoms with Crippen molar-refractivity contribution in [1.82, 2.24) is 0 Å². The first-order valence-corrected chi connectivity index (χ1v) is 13.3. The molecule has 4 heteroatoms. The van der Waals surface area contributed by atoms with Crippen LogP contribution in [0, 0.1) is 52.3 Å². The smallest absolute Gasteiger partial charge is 0.248 e. The molecular formula is C27H42F2O2. The van der Waals surface area contributed by atoms with Crippen molar-refractivity contribution >= 4 is 0 Å². The first kappa shape index (κ1) is 21.3. The molecule has 4 saturated carbocycles. The van der Waals surface area contributed by atoms with E-state index >= 15 is 0 Å². The Morgan fingerprint density at radius 1 is 0.839 bits per heavy atom. The zero-order chi connectivity index (χ0) is 21.8. The molecule has 2 nitrogen and oxygen atoms in total. The van der Waals surface area contributed by atoms with Crippen LogP contribution in [0.15, 0.2) is 0 Å². The third kappa shape index (κ3) is 2.85. The van der Waals surface area contributed by atoms with E-state index in [2.05, 4.69) is 27.7 Å². The van der Waals surface area contributed by atoms with E-state index in [9.17, 15) is 8.78 Å². The van der Waals surface area contributed by atoms with Crippen molar-refractivity contribution in [2.45, 2.75) is 110 Å². The molecule has 0 aromatic carbocycles. The third-order valence-corrected chi connectivity index (χ3v) is 11.9. The van der Waals surface area contributed by atoms with Gasteiger partial charge in [-0.3, -0.25) is 0 Å². The van der Waals surface area contributed by atoms with E-state index in [-0.39, 0.29) is 30.0 Å². The van der Waals surface area contributed by atoms with Crippen molar-refractivity contribution < 1.29 is 18.3 Å². The van der Waals surface area contributed by atoms with Gasteiger partial charge in [0.15, 0.2) is 5.79 Å². The van der Waals surface area contributed by atoms with Crippen LogP contribution < -0.4 is 0 Å². The maximum atomic E-state index is 14.2. The van der Waals surface area contributed by atoms with Crippen LogP contribution in [0.5, 0.6) is 0 Å². The van der Waals surface area contributed by atoms with E-state index in [0.29, 0.717) is 47.0 Å². The van der Waals surface area contributed by atoms with E-state index < -0.39 is 5.92 Å². The number of hydrogen-bond donors (Lipinski definition) is 0. The monoisotopic (exact) mass is 436 g/mol. The van der Waals surface area contributed by atoms with Crippen molar-refractivity contribution in [3.05, 3.63) is 0 Å². The van der Waals surface area contributed by atoms with Crippen molar-refractivity contribution in [3.8, 4) is 0 Å². The molecule has 0 amide bonds. The zero-order valence-electron chi connectivity index (χ0n) is 20.0. The number of rotatable bonds is 0. The molecule has 176 valence electrons. The van der Waals surface area contributed by atoms with Gasteiger partial charge in [0, 0.05) is 25.2 Å². The first-order valence-electron chi connectivity index (χ1n) is 13.3. The molecule has 2 aliphatic heterocycles. The average molecular weight is 437 g/mol. The molecule has 2 saturated heterocycles. The van der Waals surface area contributed by atoms with Crippen molar-refractivity contribution in [2.75, 3.05) is 6.61 Å². The van der Waals surface area contributed by atoms with E-state index in [4.69, 9.17) is 9.47 Å². The molecule has 31 heavy (non-hydrogen) atoms. The molecule has 1 spiro atoms.